The molecule has 0 saturated carbocycles. The van der Waals surface area contributed by atoms with Crippen LogP contribution >= 0.6 is 0 Å². The van der Waals surface area contributed by atoms with Crippen LogP contribution in [-0.4, -0.2) is 40.3 Å². The normalized spacial score (nSPS) is 12.1. The molecule has 0 amide bonds. The second-order valence-electron chi connectivity index (χ2n) is 6.04. The number of phenolic OH excluding ortho intramolecular Hbond substituents is 1. The van der Waals surface area contributed by atoms with Gasteiger partial charge in [-0.3, -0.25) is 4.79 Å². The van der Waals surface area contributed by atoms with Crippen molar-refractivity contribution in [2.45, 2.75) is 0 Å². The monoisotopic (exact) mass is 402 g/mol. The summed E-state index contributed by atoms with van der Waals surface area (Å²) in [7, 11) is 5.55. The van der Waals surface area contributed by atoms with Crippen LogP contribution in [0.4, 0.5) is 0 Å². The molecule has 0 atom stereocenters. The minimum atomic E-state index is -0.411. The van der Waals surface area contributed by atoms with Crippen LogP contribution in [-0.2, 0) is 0 Å². The van der Waals surface area contributed by atoms with Crippen molar-refractivity contribution in [2.24, 2.45) is 0 Å². The maximum absolute atomic E-state index is 13.0. The highest BCUT2D eigenvalue weighted by Gasteiger charge is 2.27. The number of hydrogen-bond donors (Lipinski definition) is 1. The third-order valence-electron chi connectivity index (χ3n) is 4.57. The van der Waals surface area contributed by atoms with Crippen molar-refractivity contribution in [1.29, 1.82) is 0 Å². The van der Waals surface area contributed by atoms with Crippen LogP contribution in [0.5, 0.6) is 40.2 Å². The molecule has 2 aromatic carbocycles. The van der Waals surface area contributed by atoms with Gasteiger partial charge in [-0.2, -0.15) is 0 Å². The van der Waals surface area contributed by atoms with Crippen LogP contribution in [0.1, 0.15) is 0 Å². The fourth-order valence-electron chi connectivity index (χ4n) is 3.29. The van der Waals surface area contributed by atoms with Crippen molar-refractivity contribution < 1.29 is 37.9 Å². The molecule has 0 unspecified atom stereocenters. The van der Waals surface area contributed by atoms with E-state index in [9.17, 15) is 9.90 Å². The quantitative estimate of drug-likeness (QED) is 0.689. The Morgan fingerprint density at radius 1 is 0.897 bits per heavy atom. The largest absolute Gasteiger partial charge is 0.501 e. The topological polar surface area (TPSA) is 106 Å². The third kappa shape index (κ3) is 2.74. The molecule has 1 aliphatic rings. The van der Waals surface area contributed by atoms with Gasteiger partial charge >= 0.3 is 0 Å². The van der Waals surface area contributed by atoms with Gasteiger partial charge in [0.1, 0.15) is 11.1 Å². The molecule has 9 nitrogen and oxygen atoms in total. The first-order valence-corrected chi connectivity index (χ1v) is 8.50. The average Bonchev–Trinajstić information content (AvgIpc) is 3.20. The SMILES string of the molecule is COc1cc(-c2cc(=O)c3c(OC)c(OC)c(O)c(OC)c3o2)cc2c1OCO2. The van der Waals surface area contributed by atoms with E-state index in [4.69, 9.17) is 32.8 Å². The van der Waals surface area contributed by atoms with Gasteiger partial charge in [-0.25, -0.2) is 0 Å². The lowest BCUT2D eigenvalue weighted by Crippen LogP contribution is -2.06. The maximum Gasteiger partial charge on any atom is 0.231 e. The van der Waals surface area contributed by atoms with Crippen LogP contribution in [0.2, 0.25) is 0 Å². The van der Waals surface area contributed by atoms with Gasteiger partial charge in [0, 0.05) is 11.6 Å². The second kappa shape index (κ2) is 7.01. The number of fused-ring (bicyclic) bond motifs is 2. The summed E-state index contributed by atoms with van der Waals surface area (Å²) in [5, 5.41) is 10.6. The van der Waals surface area contributed by atoms with Crippen molar-refractivity contribution in [3.63, 3.8) is 0 Å². The first-order valence-electron chi connectivity index (χ1n) is 8.50. The Labute approximate surface area is 164 Å². The summed E-state index contributed by atoms with van der Waals surface area (Å²) in [4.78, 5) is 13.0. The van der Waals surface area contributed by atoms with Gasteiger partial charge in [-0.05, 0) is 12.1 Å². The highest BCUT2D eigenvalue weighted by molar-refractivity contribution is 5.95. The molecule has 0 saturated heterocycles. The molecular formula is C20H18O9. The predicted octanol–water partition coefficient (Wildman–Crippen LogP) is 2.93. The molecule has 29 heavy (non-hydrogen) atoms. The maximum atomic E-state index is 13.0. The molecule has 0 aliphatic carbocycles. The van der Waals surface area contributed by atoms with Crippen molar-refractivity contribution in [2.75, 3.05) is 35.2 Å². The summed E-state index contributed by atoms with van der Waals surface area (Å²) in [6.07, 6.45) is 0. The molecule has 2 heterocycles. The predicted molar refractivity (Wildman–Crippen MR) is 102 cm³/mol. The second-order valence-corrected chi connectivity index (χ2v) is 6.04. The fourth-order valence-corrected chi connectivity index (χ4v) is 3.29. The van der Waals surface area contributed by atoms with Crippen molar-refractivity contribution >= 4 is 11.0 Å². The summed E-state index contributed by atoms with van der Waals surface area (Å²) in [5.41, 5.74) is 0.120. The van der Waals surface area contributed by atoms with Gasteiger partial charge in [0.2, 0.25) is 29.8 Å². The van der Waals surface area contributed by atoms with Gasteiger partial charge < -0.3 is 37.9 Å². The molecule has 0 spiro atoms. The fraction of sp³-hybridized carbons (Fsp3) is 0.250. The first-order chi connectivity index (χ1) is 14.0. The molecule has 152 valence electrons. The Bertz CT molecular complexity index is 1160. The molecule has 3 aromatic rings. The Hall–Kier alpha value is -3.75. The molecule has 0 fully saturated rings. The van der Waals surface area contributed by atoms with E-state index >= 15 is 0 Å². The van der Waals surface area contributed by atoms with Gasteiger partial charge in [0.25, 0.3) is 0 Å². The standard InChI is InChI=1S/C20H18O9/c1-23-12-5-9(6-13-16(12)28-8-27-13)11-7-10(21)14-17(24-2)19(25-3)15(22)20(26-4)18(14)29-11/h5-7,22H,8H2,1-4H3. The van der Waals surface area contributed by atoms with E-state index in [1.165, 1.54) is 34.5 Å². The number of hydrogen-bond acceptors (Lipinski definition) is 9. The van der Waals surface area contributed by atoms with Gasteiger partial charge in [-0.15, -0.1) is 0 Å². The average molecular weight is 402 g/mol. The van der Waals surface area contributed by atoms with Crippen molar-refractivity contribution in [1.82, 2.24) is 0 Å². The van der Waals surface area contributed by atoms with E-state index in [0.717, 1.165) is 0 Å². The van der Waals surface area contributed by atoms with E-state index in [0.29, 0.717) is 22.8 Å². The van der Waals surface area contributed by atoms with E-state index in [2.05, 4.69) is 0 Å². The highest BCUT2D eigenvalue weighted by Crippen LogP contribution is 2.50. The van der Waals surface area contributed by atoms with Crippen molar-refractivity contribution in [3.05, 3.63) is 28.4 Å². The van der Waals surface area contributed by atoms with Crippen molar-refractivity contribution in [3.8, 4) is 51.6 Å². The van der Waals surface area contributed by atoms with Crippen LogP contribution in [0.25, 0.3) is 22.3 Å². The molecule has 0 bridgehead atoms. The van der Waals surface area contributed by atoms with Gasteiger partial charge in [-0.1, -0.05) is 0 Å². The van der Waals surface area contributed by atoms with E-state index in [1.807, 2.05) is 0 Å². The smallest absolute Gasteiger partial charge is 0.231 e. The van der Waals surface area contributed by atoms with E-state index in [-0.39, 0.29) is 46.5 Å². The number of methoxy groups -OCH3 is 4. The molecule has 1 N–H and O–H groups in total. The van der Waals surface area contributed by atoms with Crippen LogP contribution in [0.3, 0.4) is 0 Å². The zero-order valence-corrected chi connectivity index (χ0v) is 16.2. The van der Waals surface area contributed by atoms with Gasteiger partial charge in [0.15, 0.2) is 28.3 Å². The number of ether oxygens (including phenoxy) is 6. The summed E-state index contributed by atoms with van der Waals surface area (Å²) in [6.45, 7) is 0.0650. The number of benzene rings is 2. The number of phenols is 1. The van der Waals surface area contributed by atoms with Crippen LogP contribution in [0.15, 0.2) is 27.4 Å². The molecule has 1 aliphatic heterocycles. The lowest BCUT2D eigenvalue weighted by Gasteiger charge is -2.16. The molecule has 0 radical (unpaired) electrons. The Kier molecular flexibility index (Phi) is 4.50. The van der Waals surface area contributed by atoms with Crippen LogP contribution in [0, 0.1) is 0 Å². The molecular weight excluding hydrogens is 384 g/mol. The third-order valence-corrected chi connectivity index (χ3v) is 4.57. The van der Waals surface area contributed by atoms with E-state index < -0.39 is 5.43 Å². The summed E-state index contributed by atoms with van der Waals surface area (Å²) >= 11 is 0. The Morgan fingerprint density at radius 3 is 2.28 bits per heavy atom. The number of rotatable bonds is 5. The van der Waals surface area contributed by atoms with Gasteiger partial charge in [0.05, 0.1) is 28.4 Å². The number of aromatic hydroxyl groups is 1. The van der Waals surface area contributed by atoms with E-state index in [1.54, 1.807) is 12.1 Å². The first kappa shape index (κ1) is 18.6. The summed E-state index contributed by atoms with van der Waals surface area (Å²) in [6, 6.07) is 4.63. The Morgan fingerprint density at radius 2 is 1.62 bits per heavy atom. The Balaban J connectivity index is 2.04. The molecule has 4 rings (SSSR count). The van der Waals surface area contributed by atoms with Crippen LogP contribution < -0.4 is 33.8 Å². The molecule has 1 aromatic heterocycles. The zero-order chi connectivity index (χ0) is 20.7. The lowest BCUT2D eigenvalue weighted by molar-refractivity contribution is 0.171. The zero-order valence-electron chi connectivity index (χ0n) is 16.2. The minimum absolute atomic E-state index is 0.0155. The minimum Gasteiger partial charge on any atom is -0.501 e. The highest BCUT2D eigenvalue weighted by atomic mass is 16.7. The molecule has 9 heteroatoms. The summed E-state index contributed by atoms with van der Waals surface area (Å²) < 4.78 is 37.9. The lowest BCUT2D eigenvalue weighted by atomic mass is 10.1. The summed E-state index contributed by atoms with van der Waals surface area (Å²) in [5.74, 6) is 1.20.